The van der Waals surface area contributed by atoms with Crippen LogP contribution < -0.4 is 10.2 Å². The van der Waals surface area contributed by atoms with Gasteiger partial charge >= 0.3 is 5.97 Å². The molecule has 166 valence electrons. The molecule has 7 nitrogen and oxygen atoms in total. The number of hydrogen-bond donors (Lipinski definition) is 1. The summed E-state index contributed by atoms with van der Waals surface area (Å²) in [7, 11) is 0. The number of ether oxygens (including phenoxy) is 1. The van der Waals surface area contributed by atoms with E-state index in [2.05, 4.69) is 5.32 Å². The summed E-state index contributed by atoms with van der Waals surface area (Å²) in [4.78, 5) is 50.9. The predicted molar refractivity (Wildman–Crippen MR) is 119 cm³/mol. The second-order valence-electron chi connectivity index (χ2n) is 7.68. The molecule has 1 N–H and O–H groups in total. The average Bonchev–Trinajstić information content (AvgIpc) is 3.01. The number of esters is 1. The standard InChI is InChI=1S/C25H19FN2O5/c1-14-9-15(2)11-18(10-14)27-22(29)13-33-25(32)16-3-8-20-21(12-16)24(31)28(23(20)30)19-6-4-17(26)5-7-19/h3-12H,13H2,1-2H3,(H,27,29). The van der Waals surface area contributed by atoms with Crippen molar-refractivity contribution < 1.29 is 28.3 Å². The zero-order valence-electron chi connectivity index (χ0n) is 17.8. The van der Waals surface area contributed by atoms with Gasteiger partial charge in [0.1, 0.15) is 5.82 Å². The minimum Gasteiger partial charge on any atom is -0.452 e. The molecule has 0 unspecified atom stereocenters. The molecule has 0 saturated heterocycles. The van der Waals surface area contributed by atoms with E-state index < -0.39 is 36.1 Å². The van der Waals surface area contributed by atoms with Gasteiger partial charge in [-0.1, -0.05) is 6.07 Å². The van der Waals surface area contributed by atoms with Crippen molar-refractivity contribution in [1.29, 1.82) is 0 Å². The summed E-state index contributed by atoms with van der Waals surface area (Å²) in [5.41, 5.74) is 2.94. The van der Waals surface area contributed by atoms with Gasteiger partial charge in [-0.15, -0.1) is 0 Å². The van der Waals surface area contributed by atoms with Crippen molar-refractivity contribution in [2.75, 3.05) is 16.8 Å². The molecule has 1 aliphatic heterocycles. The SMILES string of the molecule is Cc1cc(C)cc(NC(=O)COC(=O)c2ccc3c(c2)C(=O)N(c2ccc(F)cc2)C3=O)c1. The van der Waals surface area contributed by atoms with Crippen LogP contribution in [-0.4, -0.2) is 30.3 Å². The van der Waals surface area contributed by atoms with Crippen LogP contribution in [0.5, 0.6) is 0 Å². The third-order valence-corrected chi connectivity index (χ3v) is 5.05. The molecule has 0 atom stereocenters. The Morgan fingerprint density at radius 1 is 0.879 bits per heavy atom. The van der Waals surface area contributed by atoms with Gasteiger partial charge in [0.05, 0.1) is 22.4 Å². The first kappa shape index (κ1) is 21.9. The number of imide groups is 1. The molecule has 0 radical (unpaired) electrons. The van der Waals surface area contributed by atoms with E-state index in [9.17, 15) is 23.6 Å². The number of carbonyl (C=O) groups is 4. The smallest absolute Gasteiger partial charge is 0.338 e. The topological polar surface area (TPSA) is 92.8 Å². The molecule has 1 aliphatic rings. The molecule has 0 fully saturated rings. The number of aryl methyl sites for hydroxylation is 2. The lowest BCUT2D eigenvalue weighted by Gasteiger charge is -2.13. The molecule has 0 bridgehead atoms. The Labute approximate surface area is 188 Å². The number of nitrogens with one attached hydrogen (secondary N) is 1. The van der Waals surface area contributed by atoms with Crippen LogP contribution >= 0.6 is 0 Å². The van der Waals surface area contributed by atoms with Gasteiger partial charge < -0.3 is 10.1 Å². The fraction of sp³-hybridized carbons (Fsp3) is 0.120. The van der Waals surface area contributed by atoms with Crippen molar-refractivity contribution in [3.8, 4) is 0 Å². The summed E-state index contributed by atoms with van der Waals surface area (Å²) in [6.45, 7) is 3.29. The summed E-state index contributed by atoms with van der Waals surface area (Å²) in [5, 5.41) is 2.66. The molecule has 0 spiro atoms. The van der Waals surface area contributed by atoms with Gasteiger partial charge in [0, 0.05) is 5.69 Å². The number of anilines is 2. The molecule has 8 heteroatoms. The Morgan fingerprint density at radius 2 is 1.52 bits per heavy atom. The lowest BCUT2D eigenvalue weighted by molar-refractivity contribution is -0.119. The number of fused-ring (bicyclic) bond motifs is 1. The van der Waals surface area contributed by atoms with Gasteiger partial charge in [0.25, 0.3) is 17.7 Å². The first-order chi connectivity index (χ1) is 15.7. The second kappa shape index (κ2) is 8.66. The highest BCUT2D eigenvalue weighted by molar-refractivity contribution is 6.34. The molecule has 0 aromatic heterocycles. The Morgan fingerprint density at radius 3 is 2.18 bits per heavy atom. The van der Waals surface area contributed by atoms with E-state index in [1.807, 2.05) is 19.9 Å². The lowest BCUT2D eigenvalue weighted by Crippen LogP contribution is -2.29. The maximum atomic E-state index is 13.2. The number of carbonyl (C=O) groups excluding carboxylic acids is 4. The predicted octanol–water partition coefficient (Wildman–Crippen LogP) is 4.04. The third-order valence-electron chi connectivity index (χ3n) is 5.05. The monoisotopic (exact) mass is 446 g/mol. The summed E-state index contributed by atoms with van der Waals surface area (Å²) in [5.74, 6) is -3.03. The normalized spacial score (nSPS) is 12.5. The second-order valence-corrected chi connectivity index (χ2v) is 7.68. The largest absolute Gasteiger partial charge is 0.452 e. The highest BCUT2D eigenvalue weighted by Crippen LogP contribution is 2.29. The number of nitrogens with zero attached hydrogens (tertiary/aromatic N) is 1. The zero-order chi connectivity index (χ0) is 23.7. The van der Waals surface area contributed by atoms with E-state index in [-0.39, 0.29) is 22.4 Å². The number of rotatable bonds is 5. The Kier molecular flexibility index (Phi) is 5.74. The molecule has 4 rings (SSSR count). The maximum absolute atomic E-state index is 13.2. The van der Waals surface area contributed by atoms with Crippen LogP contribution in [0.1, 0.15) is 42.2 Å². The highest BCUT2D eigenvalue weighted by atomic mass is 19.1. The van der Waals surface area contributed by atoms with Crippen LogP contribution in [0, 0.1) is 19.7 Å². The quantitative estimate of drug-likeness (QED) is 0.472. The number of benzene rings is 3. The molecular weight excluding hydrogens is 427 g/mol. The van der Waals surface area contributed by atoms with E-state index in [4.69, 9.17) is 4.74 Å². The van der Waals surface area contributed by atoms with Crippen LogP contribution in [-0.2, 0) is 9.53 Å². The molecule has 3 amide bonds. The van der Waals surface area contributed by atoms with Crippen molar-refractivity contribution in [3.63, 3.8) is 0 Å². The van der Waals surface area contributed by atoms with Crippen molar-refractivity contribution in [2.24, 2.45) is 0 Å². The summed E-state index contributed by atoms with van der Waals surface area (Å²) in [6, 6.07) is 14.4. The average molecular weight is 446 g/mol. The molecule has 3 aromatic carbocycles. The Bertz CT molecular complexity index is 1280. The van der Waals surface area contributed by atoms with Gasteiger partial charge in [-0.2, -0.15) is 0 Å². The molecule has 1 heterocycles. The molecule has 0 saturated carbocycles. The van der Waals surface area contributed by atoms with E-state index in [1.54, 1.807) is 12.1 Å². The van der Waals surface area contributed by atoms with Crippen LogP contribution in [0.3, 0.4) is 0 Å². The van der Waals surface area contributed by atoms with E-state index >= 15 is 0 Å². The van der Waals surface area contributed by atoms with Crippen LogP contribution in [0.25, 0.3) is 0 Å². The summed E-state index contributed by atoms with van der Waals surface area (Å²) >= 11 is 0. The molecular formula is C25H19FN2O5. The molecule has 0 aliphatic carbocycles. The fourth-order valence-corrected chi connectivity index (χ4v) is 3.65. The minimum absolute atomic E-state index is 0.0232. The van der Waals surface area contributed by atoms with E-state index in [0.717, 1.165) is 28.2 Å². The van der Waals surface area contributed by atoms with Gasteiger partial charge in [-0.25, -0.2) is 14.1 Å². The maximum Gasteiger partial charge on any atom is 0.338 e. The number of hydrogen-bond acceptors (Lipinski definition) is 5. The minimum atomic E-state index is -0.811. The van der Waals surface area contributed by atoms with Crippen LogP contribution in [0.15, 0.2) is 60.7 Å². The number of amides is 3. The first-order valence-corrected chi connectivity index (χ1v) is 10.1. The van der Waals surface area contributed by atoms with Crippen LogP contribution in [0.2, 0.25) is 0 Å². The summed E-state index contributed by atoms with van der Waals surface area (Å²) < 4.78 is 18.3. The van der Waals surface area contributed by atoms with Gasteiger partial charge in [0.15, 0.2) is 6.61 Å². The van der Waals surface area contributed by atoms with Gasteiger partial charge in [-0.3, -0.25) is 14.4 Å². The van der Waals surface area contributed by atoms with Crippen molar-refractivity contribution >= 4 is 35.1 Å². The third kappa shape index (κ3) is 4.50. The van der Waals surface area contributed by atoms with Gasteiger partial charge in [0.2, 0.25) is 0 Å². The van der Waals surface area contributed by atoms with E-state index in [0.29, 0.717) is 5.69 Å². The van der Waals surface area contributed by atoms with Crippen molar-refractivity contribution in [3.05, 3.63) is 94.3 Å². The van der Waals surface area contributed by atoms with Gasteiger partial charge in [-0.05, 0) is 79.6 Å². The summed E-state index contributed by atoms with van der Waals surface area (Å²) in [6.07, 6.45) is 0. The van der Waals surface area contributed by atoms with Crippen molar-refractivity contribution in [1.82, 2.24) is 0 Å². The Balaban J connectivity index is 1.44. The molecule has 33 heavy (non-hydrogen) atoms. The first-order valence-electron chi connectivity index (χ1n) is 10.1. The van der Waals surface area contributed by atoms with Crippen LogP contribution in [0.4, 0.5) is 15.8 Å². The fourth-order valence-electron chi connectivity index (χ4n) is 3.65. The molecule has 3 aromatic rings. The highest BCUT2D eigenvalue weighted by Gasteiger charge is 2.37. The lowest BCUT2D eigenvalue weighted by atomic mass is 10.1. The van der Waals surface area contributed by atoms with E-state index in [1.165, 1.54) is 30.3 Å². The van der Waals surface area contributed by atoms with Crippen molar-refractivity contribution in [2.45, 2.75) is 13.8 Å². The number of halogens is 1. The zero-order valence-corrected chi connectivity index (χ0v) is 17.8. The Hall–Kier alpha value is -4.33.